The Labute approximate surface area is 118 Å². The lowest BCUT2D eigenvalue weighted by molar-refractivity contribution is 0.0901. The lowest BCUT2D eigenvalue weighted by Crippen LogP contribution is -2.35. The van der Waals surface area contributed by atoms with E-state index in [2.05, 4.69) is 27.7 Å². The average molecular weight is 357 g/mol. The van der Waals surface area contributed by atoms with Crippen molar-refractivity contribution in [1.82, 2.24) is 14.8 Å². The number of benzene rings is 1. The lowest BCUT2D eigenvalue weighted by Gasteiger charge is -2.14. The zero-order valence-corrected chi connectivity index (χ0v) is 11.8. The third-order valence-corrected chi connectivity index (χ3v) is 3.84. The molecule has 1 aromatic heterocycles. The van der Waals surface area contributed by atoms with Crippen LogP contribution in [0.3, 0.4) is 0 Å². The van der Waals surface area contributed by atoms with Gasteiger partial charge in [0.25, 0.3) is 0 Å². The molecule has 1 aromatic carbocycles. The van der Waals surface area contributed by atoms with Crippen LogP contribution in [0, 0.1) is 3.70 Å². The number of likely N-dealkylation sites (tertiary alicyclic amines) is 1. The quantitative estimate of drug-likeness (QED) is 0.736. The second-order valence-electron chi connectivity index (χ2n) is 4.23. The summed E-state index contributed by atoms with van der Waals surface area (Å²) < 4.78 is 0.831. The highest BCUT2D eigenvalue weighted by molar-refractivity contribution is 14.1. The molecular weight excluding hydrogens is 345 g/mol. The number of halogens is 1. The van der Waals surface area contributed by atoms with E-state index in [-0.39, 0.29) is 6.09 Å². The molecular formula is C12H12IN3O2. The van der Waals surface area contributed by atoms with Gasteiger partial charge in [-0.05, 0) is 47.6 Å². The second kappa shape index (κ2) is 4.75. The molecule has 0 N–H and O–H groups in total. The van der Waals surface area contributed by atoms with Gasteiger partial charge in [0, 0.05) is 18.5 Å². The molecule has 1 aliphatic heterocycles. The van der Waals surface area contributed by atoms with E-state index < -0.39 is 0 Å². The number of para-hydroxylation sites is 1. The Morgan fingerprint density at radius 2 is 2.00 bits per heavy atom. The summed E-state index contributed by atoms with van der Waals surface area (Å²) in [5.74, 6) is 0. The molecule has 1 fully saturated rings. The largest absolute Gasteiger partial charge is 0.435 e. The molecule has 1 saturated heterocycles. The summed E-state index contributed by atoms with van der Waals surface area (Å²) in [6, 6.07) is 7.70. The van der Waals surface area contributed by atoms with Crippen LogP contribution in [0.5, 0.6) is 0 Å². The highest BCUT2D eigenvalue weighted by Crippen LogP contribution is 2.19. The van der Waals surface area contributed by atoms with Crippen LogP contribution >= 0.6 is 22.6 Å². The topological polar surface area (TPSA) is 47.4 Å². The Morgan fingerprint density at radius 3 is 2.78 bits per heavy atom. The van der Waals surface area contributed by atoms with Gasteiger partial charge >= 0.3 is 6.09 Å². The molecule has 0 aliphatic carbocycles. The van der Waals surface area contributed by atoms with Crippen LogP contribution in [0.4, 0.5) is 4.79 Å². The third-order valence-electron chi connectivity index (χ3n) is 3.04. The number of fused-ring (bicyclic) bond motifs is 1. The Morgan fingerprint density at radius 1 is 1.28 bits per heavy atom. The van der Waals surface area contributed by atoms with Gasteiger partial charge in [0.05, 0.1) is 0 Å². The van der Waals surface area contributed by atoms with Crippen molar-refractivity contribution in [3.63, 3.8) is 0 Å². The monoisotopic (exact) mass is 357 g/mol. The maximum absolute atomic E-state index is 11.9. The van der Waals surface area contributed by atoms with E-state index >= 15 is 0 Å². The van der Waals surface area contributed by atoms with Gasteiger partial charge in [0.2, 0.25) is 0 Å². The molecule has 3 rings (SSSR count). The molecule has 6 heteroatoms. The minimum atomic E-state index is -0.322. The molecule has 5 nitrogen and oxygen atoms in total. The van der Waals surface area contributed by atoms with Crippen LogP contribution in [-0.4, -0.2) is 34.0 Å². The number of amides is 1. The standard InChI is InChI=1S/C12H12IN3O2/c13-11-9-5-1-2-6-10(9)16(14-11)18-12(17)15-7-3-4-8-15/h1-2,5-6H,3-4,7-8H2. The van der Waals surface area contributed by atoms with Gasteiger partial charge in [-0.15, -0.1) is 5.10 Å². The summed E-state index contributed by atoms with van der Waals surface area (Å²) in [6.45, 7) is 1.55. The highest BCUT2D eigenvalue weighted by atomic mass is 127. The molecule has 2 aromatic rings. The SMILES string of the molecule is O=C(On1nc(I)c2ccccc21)N1CCCC1. The third kappa shape index (κ3) is 2.05. The Balaban J connectivity index is 1.88. The Hall–Kier alpha value is -1.31. The van der Waals surface area contributed by atoms with E-state index in [0.29, 0.717) is 0 Å². The van der Waals surface area contributed by atoms with Gasteiger partial charge in [-0.1, -0.05) is 17.0 Å². The van der Waals surface area contributed by atoms with Gasteiger partial charge in [-0.3, -0.25) is 4.84 Å². The Bertz CT molecular complexity index is 590. The second-order valence-corrected chi connectivity index (χ2v) is 5.25. The smallest absolute Gasteiger partial charge is 0.306 e. The van der Waals surface area contributed by atoms with E-state index in [1.54, 1.807) is 4.90 Å². The molecule has 2 heterocycles. The number of hydrogen-bond donors (Lipinski definition) is 0. The minimum Gasteiger partial charge on any atom is -0.306 e. The number of carbonyl (C=O) groups excluding carboxylic acids is 1. The molecule has 0 unspecified atom stereocenters. The minimum absolute atomic E-state index is 0.322. The summed E-state index contributed by atoms with van der Waals surface area (Å²) in [7, 11) is 0. The molecule has 1 amide bonds. The molecule has 0 bridgehead atoms. The molecule has 0 saturated carbocycles. The fourth-order valence-electron chi connectivity index (χ4n) is 2.10. The van der Waals surface area contributed by atoms with Crippen molar-refractivity contribution in [3.8, 4) is 0 Å². The van der Waals surface area contributed by atoms with E-state index in [4.69, 9.17) is 4.84 Å². The van der Waals surface area contributed by atoms with Crippen molar-refractivity contribution in [3.05, 3.63) is 28.0 Å². The van der Waals surface area contributed by atoms with Gasteiger partial charge in [0.15, 0.2) is 0 Å². The maximum atomic E-state index is 11.9. The van der Waals surface area contributed by atoms with Crippen molar-refractivity contribution < 1.29 is 9.63 Å². The fraction of sp³-hybridized carbons (Fsp3) is 0.333. The van der Waals surface area contributed by atoms with Crippen LogP contribution in [0.25, 0.3) is 10.9 Å². The summed E-state index contributed by atoms with van der Waals surface area (Å²) in [4.78, 5) is 20.3. The van der Waals surface area contributed by atoms with Crippen molar-refractivity contribution in [2.45, 2.75) is 12.8 Å². The van der Waals surface area contributed by atoms with Crippen molar-refractivity contribution in [1.29, 1.82) is 0 Å². The molecule has 94 valence electrons. The highest BCUT2D eigenvalue weighted by Gasteiger charge is 2.21. The first-order valence-corrected chi connectivity index (χ1v) is 6.94. The summed E-state index contributed by atoms with van der Waals surface area (Å²) in [5.41, 5.74) is 0.814. The number of aromatic nitrogens is 2. The van der Waals surface area contributed by atoms with E-state index in [1.165, 1.54) is 4.85 Å². The van der Waals surface area contributed by atoms with Crippen LogP contribution in [-0.2, 0) is 0 Å². The fourth-order valence-corrected chi connectivity index (χ4v) is 2.76. The molecule has 18 heavy (non-hydrogen) atoms. The Kier molecular flexibility index (Phi) is 3.11. The number of nitrogens with zero attached hydrogens (tertiary/aromatic N) is 3. The molecule has 1 aliphatic rings. The average Bonchev–Trinajstić information content (AvgIpc) is 3.00. The van der Waals surface area contributed by atoms with Gasteiger partial charge in [0.1, 0.15) is 9.22 Å². The zero-order valence-electron chi connectivity index (χ0n) is 9.67. The first kappa shape index (κ1) is 11.8. The van der Waals surface area contributed by atoms with Crippen molar-refractivity contribution in [2.75, 3.05) is 13.1 Å². The van der Waals surface area contributed by atoms with Crippen LogP contribution in [0.2, 0.25) is 0 Å². The van der Waals surface area contributed by atoms with Gasteiger partial charge < -0.3 is 4.90 Å². The number of hydrogen-bond acceptors (Lipinski definition) is 3. The van der Waals surface area contributed by atoms with Crippen LogP contribution in [0.1, 0.15) is 12.8 Å². The zero-order chi connectivity index (χ0) is 12.5. The first-order valence-electron chi connectivity index (χ1n) is 5.86. The predicted octanol–water partition coefficient (Wildman–Crippen LogP) is 2.29. The summed E-state index contributed by atoms with van der Waals surface area (Å²) in [6.07, 6.45) is 1.77. The predicted molar refractivity (Wildman–Crippen MR) is 75.2 cm³/mol. The van der Waals surface area contributed by atoms with Crippen molar-refractivity contribution >= 4 is 39.6 Å². The van der Waals surface area contributed by atoms with E-state index in [9.17, 15) is 4.79 Å². The van der Waals surface area contributed by atoms with E-state index in [1.807, 2.05) is 24.3 Å². The molecule has 0 radical (unpaired) electrons. The molecule has 0 atom stereocenters. The normalized spacial score (nSPS) is 15.3. The van der Waals surface area contributed by atoms with Crippen LogP contribution in [0.15, 0.2) is 24.3 Å². The summed E-state index contributed by atoms with van der Waals surface area (Å²) in [5, 5.41) is 5.23. The molecule has 0 spiro atoms. The first-order chi connectivity index (χ1) is 8.75. The van der Waals surface area contributed by atoms with Crippen molar-refractivity contribution in [2.24, 2.45) is 0 Å². The van der Waals surface area contributed by atoms with Gasteiger partial charge in [-0.2, -0.15) is 0 Å². The summed E-state index contributed by atoms with van der Waals surface area (Å²) >= 11 is 2.14. The van der Waals surface area contributed by atoms with Crippen LogP contribution < -0.4 is 4.84 Å². The number of rotatable bonds is 1. The van der Waals surface area contributed by atoms with Gasteiger partial charge in [-0.25, -0.2) is 4.79 Å². The maximum Gasteiger partial charge on any atom is 0.435 e. The number of carbonyl (C=O) groups is 1. The van der Waals surface area contributed by atoms with E-state index in [0.717, 1.165) is 40.5 Å². The lowest BCUT2D eigenvalue weighted by atomic mass is 10.3.